The van der Waals surface area contributed by atoms with Crippen molar-refractivity contribution in [2.45, 2.75) is 31.9 Å². The monoisotopic (exact) mass is 380 g/mol. The first-order chi connectivity index (χ1) is 13.8. The largest absolute Gasteiger partial charge is 0.441 e. The van der Waals surface area contributed by atoms with E-state index >= 15 is 0 Å². The number of aromatic nitrogens is 2. The number of carbonyl (C=O) groups excluding carboxylic acids is 1. The predicted octanol–water partition coefficient (Wildman–Crippen LogP) is 3.16. The molecule has 3 heterocycles. The predicted molar refractivity (Wildman–Crippen MR) is 105 cm³/mol. The Labute approximate surface area is 163 Å². The van der Waals surface area contributed by atoms with Crippen molar-refractivity contribution in [1.29, 1.82) is 0 Å². The van der Waals surface area contributed by atoms with E-state index in [0.717, 1.165) is 36.2 Å². The number of urea groups is 1. The third kappa shape index (κ3) is 4.67. The van der Waals surface area contributed by atoms with Crippen LogP contribution in [0, 0.1) is 0 Å². The summed E-state index contributed by atoms with van der Waals surface area (Å²) < 4.78 is 11.4. The van der Waals surface area contributed by atoms with Gasteiger partial charge < -0.3 is 19.4 Å². The molecule has 0 aliphatic carbocycles. The van der Waals surface area contributed by atoms with Gasteiger partial charge in [-0.25, -0.2) is 9.78 Å². The fourth-order valence-corrected chi connectivity index (χ4v) is 3.36. The average molecular weight is 380 g/mol. The number of pyridine rings is 1. The summed E-state index contributed by atoms with van der Waals surface area (Å²) in [5.41, 5.74) is 2.45. The van der Waals surface area contributed by atoms with Crippen LogP contribution in [0.4, 0.5) is 4.79 Å². The molecule has 3 aromatic rings. The van der Waals surface area contributed by atoms with E-state index in [1.807, 2.05) is 42.5 Å². The first-order valence-corrected chi connectivity index (χ1v) is 9.67. The Kier molecular flexibility index (Phi) is 5.82. The molecule has 2 amide bonds. The summed E-state index contributed by atoms with van der Waals surface area (Å²) in [6, 6.07) is 13.2. The summed E-state index contributed by atoms with van der Waals surface area (Å²) in [7, 11) is 0. The standard InChI is InChI=1S/C21H24N4O3/c26-21(23-12-10-20-24-18-8-1-2-9-19(18)28-20)25(15-17-7-5-13-27-17)14-16-6-3-4-11-22-16/h1-4,6,8-9,11,17H,5,7,10,12-15H2,(H,23,26)/t17-/m0/s1. The van der Waals surface area contributed by atoms with Gasteiger partial charge in [-0.15, -0.1) is 0 Å². The van der Waals surface area contributed by atoms with Crippen LogP contribution in [-0.2, 0) is 17.7 Å². The lowest BCUT2D eigenvalue weighted by Crippen LogP contribution is -2.44. The molecule has 1 fully saturated rings. The topological polar surface area (TPSA) is 80.5 Å². The Morgan fingerprint density at radius 3 is 2.89 bits per heavy atom. The van der Waals surface area contributed by atoms with Gasteiger partial charge in [0.15, 0.2) is 11.5 Å². The second-order valence-corrected chi connectivity index (χ2v) is 6.89. The molecule has 7 heteroatoms. The van der Waals surface area contributed by atoms with Gasteiger partial charge in [0.25, 0.3) is 0 Å². The zero-order chi connectivity index (χ0) is 19.2. The Balaban J connectivity index is 1.35. The van der Waals surface area contributed by atoms with Gasteiger partial charge in [0.1, 0.15) is 5.52 Å². The van der Waals surface area contributed by atoms with E-state index in [4.69, 9.17) is 9.15 Å². The maximum absolute atomic E-state index is 12.8. The smallest absolute Gasteiger partial charge is 0.317 e. The second-order valence-electron chi connectivity index (χ2n) is 6.89. The van der Waals surface area contributed by atoms with Gasteiger partial charge in [0.05, 0.1) is 18.3 Å². The summed E-state index contributed by atoms with van der Waals surface area (Å²) in [5.74, 6) is 0.622. The molecule has 0 bridgehead atoms. The van der Waals surface area contributed by atoms with Crippen molar-refractivity contribution in [2.75, 3.05) is 19.7 Å². The fraction of sp³-hybridized carbons (Fsp3) is 0.381. The summed E-state index contributed by atoms with van der Waals surface area (Å²) in [5, 5.41) is 2.97. The number of fused-ring (bicyclic) bond motifs is 1. The number of oxazole rings is 1. The van der Waals surface area contributed by atoms with Gasteiger partial charge in [0, 0.05) is 32.3 Å². The molecular formula is C21H24N4O3. The van der Waals surface area contributed by atoms with E-state index in [1.54, 1.807) is 11.1 Å². The molecule has 0 saturated carbocycles. The van der Waals surface area contributed by atoms with Crippen LogP contribution in [0.25, 0.3) is 11.1 Å². The van der Waals surface area contributed by atoms with Crippen LogP contribution < -0.4 is 5.32 Å². The van der Waals surface area contributed by atoms with Crippen molar-refractivity contribution in [3.63, 3.8) is 0 Å². The first kappa shape index (κ1) is 18.4. The molecule has 146 valence electrons. The van der Waals surface area contributed by atoms with Crippen molar-refractivity contribution in [3.8, 4) is 0 Å². The maximum atomic E-state index is 12.8. The molecule has 0 spiro atoms. The van der Waals surface area contributed by atoms with Gasteiger partial charge in [-0.2, -0.15) is 0 Å². The number of nitrogens with zero attached hydrogens (tertiary/aromatic N) is 3. The van der Waals surface area contributed by atoms with Crippen LogP contribution >= 0.6 is 0 Å². The third-order valence-electron chi connectivity index (χ3n) is 4.77. The number of hydrogen-bond donors (Lipinski definition) is 1. The number of rotatable bonds is 7. The summed E-state index contributed by atoms with van der Waals surface area (Å²) in [6.07, 6.45) is 4.39. The van der Waals surface area contributed by atoms with Gasteiger partial charge in [-0.05, 0) is 37.1 Å². The van der Waals surface area contributed by atoms with Crippen molar-refractivity contribution in [2.24, 2.45) is 0 Å². The van der Waals surface area contributed by atoms with Gasteiger partial charge in [-0.1, -0.05) is 18.2 Å². The molecule has 1 saturated heterocycles. The number of amides is 2. The molecule has 4 rings (SSSR count). The molecule has 7 nitrogen and oxygen atoms in total. The SMILES string of the molecule is O=C(NCCc1nc2ccccc2o1)N(Cc1ccccn1)C[C@@H]1CCCO1. The van der Waals surface area contributed by atoms with Crippen LogP contribution in [0.5, 0.6) is 0 Å². The number of carbonyl (C=O) groups is 1. The zero-order valence-corrected chi connectivity index (χ0v) is 15.7. The number of hydrogen-bond acceptors (Lipinski definition) is 5. The molecule has 0 unspecified atom stereocenters. The molecule has 1 aromatic carbocycles. The normalized spacial score (nSPS) is 16.4. The average Bonchev–Trinajstić information content (AvgIpc) is 3.37. The van der Waals surface area contributed by atoms with E-state index in [0.29, 0.717) is 31.9 Å². The van der Waals surface area contributed by atoms with Crippen LogP contribution in [0.15, 0.2) is 53.1 Å². The van der Waals surface area contributed by atoms with Crippen LogP contribution in [0.2, 0.25) is 0 Å². The van der Waals surface area contributed by atoms with Gasteiger partial charge >= 0.3 is 6.03 Å². The number of ether oxygens (including phenoxy) is 1. The van der Waals surface area contributed by atoms with E-state index < -0.39 is 0 Å². The van der Waals surface area contributed by atoms with Crippen molar-refractivity contribution in [3.05, 3.63) is 60.2 Å². The number of nitrogens with one attached hydrogen (secondary N) is 1. The minimum atomic E-state index is -0.128. The molecule has 1 aliphatic rings. The molecule has 0 radical (unpaired) electrons. The fourth-order valence-electron chi connectivity index (χ4n) is 3.36. The Bertz CT molecular complexity index is 873. The number of benzene rings is 1. The van der Waals surface area contributed by atoms with Crippen LogP contribution in [0.3, 0.4) is 0 Å². The van der Waals surface area contributed by atoms with E-state index in [9.17, 15) is 4.79 Å². The lowest BCUT2D eigenvalue weighted by molar-refractivity contribution is 0.0792. The highest BCUT2D eigenvalue weighted by molar-refractivity contribution is 5.74. The highest BCUT2D eigenvalue weighted by Gasteiger charge is 2.23. The molecule has 1 aliphatic heterocycles. The molecule has 1 atom stereocenters. The Morgan fingerprint density at radius 1 is 1.21 bits per heavy atom. The third-order valence-corrected chi connectivity index (χ3v) is 4.77. The maximum Gasteiger partial charge on any atom is 0.317 e. The lowest BCUT2D eigenvalue weighted by Gasteiger charge is -2.25. The summed E-state index contributed by atoms with van der Waals surface area (Å²) in [4.78, 5) is 23.3. The minimum Gasteiger partial charge on any atom is -0.441 e. The van der Waals surface area contributed by atoms with Crippen LogP contribution in [0.1, 0.15) is 24.4 Å². The molecule has 2 aromatic heterocycles. The Morgan fingerprint density at radius 2 is 2.11 bits per heavy atom. The minimum absolute atomic E-state index is 0.0894. The lowest BCUT2D eigenvalue weighted by atomic mass is 10.2. The van der Waals surface area contributed by atoms with E-state index in [2.05, 4.69) is 15.3 Å². The quantitative estimate of drug-likeness (QED) is 0.681. The summed E-state index contributed by atoms with van der Waals surface area (Å²) >= 11 is 0. The molecular weight excluding hydrogens is 356 g/mol. The van der Waals surface area contributed by atoms with Crippen LogP contribution in [-0.4, -0.2) is 46.7 Å². The highest BCUT2D eigenvalue weighted by Crippen LogP contribution is 2.16. The van der Waals surface area contributed by atoms with Crippen molar-refractivity contribution >= 4 is 17.1 Å². The van der Waals surface area contributed by atoms with Crippen molar-refractivity contribution < 1.29 is 13.9 Å². The zero-order valence-electron chi connectivity index (χ0n) is 15.7. The molecule has 1 N–H and O–H groups in total. The van der Waals surface area contributed by atoms with Gasteiger partial charge in [0.2, 0.25) is 0 Å². The summed E-state index contributed by atoms with van der Waals surface area (Å²) in [6.45, 7) is 2.23. The second kappa shape index (κ2) is 8.84. The van der Waals surface area contributed by atoms with E-state index in [1.165, 1.54) is 0 Å². The van der Waals surface area contributed by atoms with E-state index in [-0.39, 0.29) is 12.1 Å². The number of para-hydroxylation sites is 2. The first-order valence-electron chi connectivity index (χ1n) is 9.67. The highest BCUT2D eigenvalue weighted by atomic mass is 16.5. The molecule has 28 heavy (non-hydrogen) atoms. The van der Waals surface area contributed by atoms with Crippen molar-refractivity contribution in [1.82, 2.24) is 20.2 Å². The van der Waals surface area contributed by atoms with Gasteiger partial charge in [-0.3, -0.25) is 4.98 Å². The Hall–Kier alpha value is -2.93.